The summed E-state index contributed by atoms with van der Waals surface area (Å²) in [6.07, 6.45) is 0.560. The fourth-order valence-electron chi connectivity index (χ4n) is 1.92. The molecule has 124 valence electrons. The van der Waals surface area contributed by atoms with Crippen LogP contribution in [0.25, 0.3) is 0 Å². The van der Waals surface area contributed by atoms with Crippen molar-refractivity contribution < 1.29 is 17.9 Å². The maximum absolute atomic E-state index is 12.3. The van der Waals surface area contributed by atoms with Crippen LogP contribution in [0, 0.1) is 0 Å². The Morgan fingerprint density at radius 3 is 2.57 bits per heavy atom. The van der Waals surface area contributed by atoms with Gasteiger partial charge in [0.2, 0.25) is 10.0 Å². The maximum atomic E-state index is 12.3. The number of sulfonamides is 1. The predicted molar refractivity (Wildman–Crippen MR) is 92.4 cm³/mol. The summed E-state index contributed by atoms with van der Waals surface area (Å²) in [5.74, 6) is 1.07. The number of para-hydroxylation sites is 1. The topological polar surface area (TPSA) is 64.6 Å². The number of halogens is 1. The van der Waals surface area contributed by atoms with Gasteiger partial charge in [0, 0.05) is 11.0 Å². The molecule has 0 amide bonds. The molecule has 7 heteroatoms. The van der Waals surface area contributed by atoms with Gasteiger partial charge in [-0.15, -0.1) is 0 Å². The van der Waals surface area contributed by atoms with Crippen molar-refractivity contribution in [3.63, 3.8) is 0 Å². The molecule has 0 bridgehead atoms. The van der Waals surface area contributed by atoms with Crippen molar-refractivity contribution in [2.75, 3.05) is 20.3 Å². The largest absolute Gasteiger partial charge is 0.495 e. The molecular formula is C16H18BrNO4S. The standard InChI is InChI=1S/C16H18BrNO4S/c1-21-15-9-8-13(17)12-16(15)23(19,20)18-10-5-11-22-14-6-3-2-4-7-14/h2-4,6-9,12,18H,5,10-11H2,1H3. The molecule has 0 radical (unpaired) electrons. The van der Waals surface area contributed by atoms with Crippen molar-refractivity contribution in [2.45, 2.75) is 11.3 Å². The highest BCUT2D eigenvalue weighted by Crippen LogP contribution is 2.26. The Labute approximate surface area is 144 Å². The zero-order chi connectivity index (χ0) is 16.7. The minimum atomic E-state index is -3.63. The lowest BCUT2D eigenvalue weighted by Crippen LogP contribution is -2.26. The van der Waals surface area contributed by atoms with Crippen LogP contribution in [-0.2, 0) is 10.0 Å². The molecule has 23 heavy (non-hydrogen) atoms. The van der Waals surface area contributed by atoms with E-state index in [1.807, 2.05) is 30.3 Å². The van der Waals surface area contributed by atoms with E-state index in [-0.39, 0.29) is 11.4 Å². The average Bonchev–Trinajstić information content (AvgIpc) is 2.55. The van der Waals surface area contributed by atoms with Gasteiger partial charge in [-0.25, -0.2) is 13.1 Å². The Kier molecular flexibility index (Phi) is 6.44. The summed E-state index contributed by atoms with van der Waals surface area (Å²) >= 11 is 3.27. The molecule has 0 unspecified atom stereocenters. The van der Waals surface area contributed by atoms with Crippen LogP contribution in [0.1, 0.15) is 6.42 Å². The van der Waals surface area contributed by atoms with E-state index >= 15 is 0 Å². The number of methoxy groups -OCH3 is 1. The molecule has 0 spiro atoms. The normalized spacial score (nSPS) is 11.2. The Balaban J connectivity index is 1.88. The molecule has 2 aromatic carbocycles. The van der Waals surface area contributed by atoms with Crippen molar-refractivity contribution in [3.05, 3.63) is 53.0 Å². The zero-order valence-corrected chi connectivity index (χ0v) is 15.1. The van der Waals surface area contributed by atoms with Crippen LogP contribution in [0.5, 0.6) is 11.5 Å². The van der Waals surface area contributed by atoms with Gasteiger partial charge in [-0.1, -0.05) is 34.1 Å². The SMILES string of the molecule is COc1ccc(Br)cc1S(=O)(=O)NCCCOc1ccccc1. The second-order valence-electron chi connectivity index (χ2n) is 4.71. The average molecular weight is 400 g/mol. The molecular weight excluding hydrogens is 382 g/mol. The number of nitrogens with one attached hydrogen (secondary N) is 1. The second kappa shape index (κ2) is 8.33. The number of ether oxygens (including phenoxy) is 2. The smallest absolute Gasteiger partial charge is 0.244 e. The summed E-state index contributed by atoms with van der Waals surface area (Å²) in [6, 6.07) is 14.2. The number of benzene rings is 2. The quantitative estimate of drug-likeness (QED) is 0.692. The number of hydrogen-bond donors (Lipinski definition) is 1. The summed E-state index contributed by atoms with van der Waals surface area (Å²) in [5.41, 5.74) is 0. The lowest BCUT2D eigenvalue weighted by Gasteiger charge is -2.11. The summed E-state index contributed by atoms with van der Waals surface area (Å²) in [6.45, 7) is 0.715. The van der Waals surface area contributed by atoms with Gasteiger partial charge in [-0.2, -0.15) is 0 Å². The van der Waals surface area contributed by atoms with Crippen molar-refractivity contribution in [3.8, 4) is 11.5 Å². The predicted octanol–water partition coefficient (Wildman–Crippen LogP) is 3.21. The first-order valence-electron chi connectivity index (χ1n) is 7.04. The van der Waals surface area contributed by atoms with Crippen LogP contribution in [-0.4, -0.2) is 28.7 Å². The number of rotatable bonds is 8. The van der Waals surface area contributed by atoms with Gasteiger partial charge in [-0.05, 0) is 36.8 Å². The fraction of sp³-hybridized carbons (Fsp3) is 0.250. The van der Waals surface area contributed by atoms with E-state index in [2.05, 4.69) is 20.7 Å². The van der Waals surface area contributed by atoms with Gasteiger partial charge in [-0.3, -0.25) is 0 Å². The highest BCUT2D eigenvalue weighted by Gasteiger charge is 2.19. The van der Waals surface area contributed by atoms with Crippen molar-refractivity contribution in [2.24, 2.45) is 0 Å². The summed E-state index contributed by atoms with van der Waals surface area (Å²) in [4.78, 5) is 0.110. The summed E-state index contributed by atoms with van der Waals surface area (Å²) in [7, 11) is -2.19. The zero-order valence-electron chi connectivity index (χ0n) is 12.7. The van der Waals surface area contributed by atoms with Crippen LogP contribution in [0.2, 0.25) is 0 Å². The first-order chi connectivity index (χ1) is 11.0. The van der Waals surface area contributed by atoms with Crippen molar-refractivity contribution in [1.29, 1.82) is 0 Å². The van der Waals surface area contributed by atoms with E-state index in [1.165, 1.54) is 13.2 Å². The molecule has 0 saturated heterocycles. The first-order valence-corrected chi connectivity index (χ1v) is 9.31. The van der Waals surface area contributed by atoms with E-state index in [1.54, 1.807) is 12.1 Å². The van der Waals surface area contributed by atoms with E-state index in [0.717, 1.165) is 5.75 Å². The Morgan fingerprint density at radius 2 is 1.87 bits per heavy atom. The van der Waals surface area contributed by atoms with Crippen LogP contribution in [0.4, 0.5) is 0 Å². The van der Waals surface area contributed by atoms with Crippen LogP contribution in [0.3, 0.4) is 0 Å². The van der Waals surface area contributed by atoms with Crippen LogP contribution < -0.4 is 14.2 Å². The van der Waals surface area contributed by atoms with Crippen LogP contribution >= 0.6 is 15.9 Å². The molecule has 2 aromatic rings. The third-order valence-electron chi connectivity index (χ3n) is 3.04. The van der Waals surface area contributed by atoms with Gasteiger partial charge in [0.1, 0.15) is 16.4 Å². The highest BCUT2D eigenvalue weighted by molar-refractivity contribution is 9.10. The minimum absolute atomic E-state index is 0.110. The van der Waals surface area contributed by atoms with Gasteiger partial charge < -0.3 is 9.47 Å². The molecule has 0 aliphatic heterocycles. The summed E-state index contributed by atoms with van der Waals surface area (Å²) < 4.78 is 38.5. The molecule has 0 aliphatic carbocycles. The molecule has 0 fully saturated rings. The second-order valence-corrected chi connectivity index (χ2v) is 7.36. The van der Waals surface area contributed by atoms with Gasteiger partial charge in [0.15, 0.2) is 0 Å². The minimum Gasteiger partial charge on any atom is -0.495 e. The monoisotopic (exact) mass is 399 g/mol. The Morgan fingerprint density at radius 1 is 1.13 bits per heavy atom. The van der Waals surface area contributed by atoms with Crippen LogP contribution in [0.15, 0.2) is 57.9 Å². The third-order valence-corrected chi connectivity index (χ3v) is 5.02. The number of hydrogen-bond acceptors (Lipinski definition) is 4. The molecule has 1 N–H and O–H groups in total. The van der Waals surface area contributed by atoms with Crippen molar-refractivity contribution >= 4 is 26.0 Å². The van der Waals surface area contributed by atoms with E-state index in [9.17, 15) is 8.42 Å². The molecule has 2 rings (SSSR count). The first kappa shape index (κ1) is 17.8. The molecule has 0 saturated carbocycles. The molecule has 0 atom stereocenters. The van der Waals surface area contributed by atoms with E-state index < -0.39 is 10.0 Å². The molecule has 0 aromatic heterocycles. The van der Waals surface area contributed by atoms with Gasteiger partial charge >= 0.3 is 0 Å². The van der Waals surface area contributed by atoms with E-state index in [0.29, 0.717) is 23.2 Å². The van der Waals surface area contributed by atoms with Gasteiger partial charge in [0.05, 0.1) is 13.7 Å². The van der Waals surface area contributed by atoms with Crippen molar-refractivity contribution in [1.82, 2.24) is 4.72 Å². The van der Waals surface area contributed by atoms with E-state index in [4.69, 9.17) is 9.47 Å². The lowest BCUT2D eigenvalue weighted by atomic mass is 10.3. The Bertz CT molecular complexity index is 735. The highest BCUT2D eigenvalue weighted by atomic mass is 79.9. The lowest BCUT2D eigenvalue weighted by molar-refractivity contribution is 0.311. The summed E-state index contributed by atoms with van der Waals surface area (Å²) in [5, 5.41) is 0. The maximum Gasteiger partial charge on any atom is 0.244 e. The van der Waals surface area contributed by atoms with Gasteiger partial charge in [0.25, 0.3) is 0 Å². The molecule has 0 heterocycles. The Hall–Kier alpha value is -1.57. The molecule has 0 aliphatic rings. The molecule has 5 nitrogen and oxygen atoms in total. The third kappa shape index (κ3) is 5.23. The fourth-order valence-corrected chi connectivity index (χ4v) is 3.70.